The SMILES string of the molecule is CCCNc1cc(CC)nc(-c2ccccc2OC)n1. The molecular formula is C16H21N3O. The smallest absolute Gasteiger partial charge is 0.165 e. The van der Waals surface area contributed by atoms with E-state index in [0.29, 0.717) is 5.82 Å². The van der Waals surface area contributed by atoms with Crippen LogP contribution in [0.3, 0.4) is 0 Å². The van der Waals surface area contributed by atoms with Crippen LogP contribution in [0, 0.1) is 0 Å². The second-order valence-electron chi connectivity index (χ2n) is 4.55. The van der Waals surface area contributed by atoms with E-state index in [1.54, 1.807) is 7.11 Å². The lowest BCUT2D eigenvalue weighted by Crippen LogP contribution is -2.05. The van der Waals surface area contributed by atoms with Crippen molar-refractivity contribution in [1.82, 2.24) is 9.97 Å². The van der Waals surface area contributed by atoms with E-state index < -0.39 is 0 Å². The highest BCUT2D eigenvalue weighted by Gasteiger charge is 2.10. The third kappa shape index (κ3) is 3.26. The third-order valence-corrected chi connectivity index (χ3v) is 3.05. The summed E-state index contributed by atoms with van der Waals surface area (Å²) >= 11 is 0. The third-order valence-electron chi connectivity index (χ3n) is 3.05. The molecule has 0 aliphatic heterocycles. The molecule has 2 rings (SSSR count). The van der Waals surface area contributed by atoms with Crippen LogP contribution < -0.4 is 10.1 Å². The second-order valence-corrected chi connectivity index (χ2v) is 4.55. The Hall–Kier alpha value is -2.10. The molecule has 4 nitrogen and oxygen atoms in total. The molecular weight excluding hydrogens is 250 g/mol. The van der Waals surface area contributed by atoms with Crippen molar-refractivity contribution in [2.24, 2.45) is 0 Å². The zero-order valence-corrected chi connectivity index (χ0v) is 12.3. The summed E-state index contributed by atoms with van der Waals surface area (Å²) < 4.78 is 5.39. The molecule has 0 amide bonds. The highest BCUT2D eigenvalue weighted by Crippen LogP contribution is 2.27. The fourth-order valence-electron chi connectivity index (χ4n) is 1.97. The largest absolute Gasteiger partial charge is 0.496 e. The highest BCUT2D eigenvalue weighted by atomic mass is 16.5. The van der Waals surface area contributed by atoms with Gasteiger partial charge in [0, 0.05) is 18.3 Å². The first-order chi connectivity index (χ1) is 9.78. The molecule has 106 valence electrons. The van der Waals surface area contributed by atoms with Crippen LogP contribution in [0.2, 0.25) is 0 Å². The number of rotatable bonds is 6. The van der Waals surface area contributed by atoms with Gasteiger partial charge in [0.15, 0.2) is 5.82 Å². The molecule has 0 aliphatic rings. The van der Waals surface area contributed by atoms with Crippen molar-refractivity contribution >= 4 is 5.82 Å². The van der Waals surface area contributed by atoms with E-state index in [4.69, 9.17) is 4.74 Å². The van der Waals surface area contributed by atoms with Gasteiger partial charge in [-0.1, -0.05) is 26.0 Å². The summed E-state index contributed by atoms with van der Waals surface area (Å²) in [5.74, 6) is 2.38. The van der Waals surface area contributed by atoms with Crippen molar-refractivity contribution in [2.45, 2.75) is 26.7 Å². The average Bonchev–Trinajstić information content (AvgIpc) is 2.52. The standard InChI is InChI=1S/C16H21N3O/c1-4-10-17-15-11-12(5-2)18-16(19-15)13-8-6-7-9-14(13)20-3/h6-9,11H,4-5,10H2,1-3H3,(H,17,18,19). The number of nitrogens with one attached hydrogen (secondary N) is 1. The molecule has 0 spiro atoms. The van der Waals surface area contributed by atoms with Crippen LogP contribution in [0.1, 0.15) is 26.0 Å². The molecule has 0 fully saturated rings. The zero-order chi connectivity index (χ0) is 14.4. The molecule has 1 aromatic carbocycles. The zero-order valence-electron chi connectivity index (χ0n) is 12.3. The number of hydrogen-bond acceptors (Lipinski definition) is 4. The Morgan fingerprint density at radius 2 is 1.95 bits per heavy atom. The number of para-hydroxylation sites is 1. The normalized spacial score (nSPS) is 10.3. The fourth-order valence-corrected chi connectivity index (χ4v) is 1.97. The maximum absolute atomic E-state index is 5.39. The van der Waals surface area contributed by atoms with E-state index in [-0.39, 0.29) is 0 Å². The Morgan fingerprint density at radius 3 is 2.65 bits per heavy atom. The van der Waals surface area contributed by atoms with Crippen molar-refractivity contribution in [3.8, 4) is 17.1 Å². The molecule has 0 atom stereocenters. The first kappa shape index (κ1) is 14.3. The topological polar surface area (TPSA) is 47.0 Å². The summed E-state index contributed by atoms with van der Waals surface area (Å²) in [5.41, 5.74) is 1.95. The fraction of sp³-hybridized carbons (Fsp3) is 0.375. The van der Waals surface area contributed by atoms with E-state index in [1.165, 1.54) is 0 Å². The van der Waals surface area contributed by atoms with Crippen molar-refractivity contribution in [2.75, 3.05) is 19.0 Å². The molecule has 1 N–H and O–H groups in total. The van der Waals surface area contributed by atoms with Crippen LogP contribution in [0.15, 0.2) is 30.3 Å². The summed E-state index contributed by atoms with van der Waals surface area (Å²) in [6, 6.07) is 9.84. The highest BCUT2D eigenvalue weighted by molar-refractivity contribution is 5.65. The molecule has 1 aromatic heterocycles. The molecule has 0 bridgehead atoms. The van der Waals surface area contributed by atoms with E-state index in [0.717, 1.165) is 42.2 Å². The minimum atomic E-state index is 0.709. The Morgan fingerprint density at radius 1 is 1.15 bits per heavy atom. The molecule has 4 heteroatoms. The van der Waals surface area contributed by atoms with Gasteiger partial charge >= 0.3 is 0 Å². The van der Waals surface area contributed by atoms with E-state index in [1.807, 2.05) is 30.3 Å². The van der Waals surface area contributed by atoms with Crippen LogP contribution in [-0.4, -0.2) is 23.6 Å². The molecule has 0 radical (unpaired) electrons. The molecule has 0 saturated carbocycles. The van der Waals surface area contributed by atoms with Gasteiger partial charge in [0.25, 0.3) is 0 Å². The van der Waals surface area contributed by atoms with Crippen LogP contribution in [-0.2, 0) is 6.42 Å². The van der Waals surface area contributed by atoms with Gasteiger partial charge in [-0.05, 0) is 25.0 Å². The Kier molecular flexibility index (Phi) is 4.93. The molecule has 0 saturated heterocycles. The van der Waals surface area contributed by atoms with Gasteiger partial charge in [-0.15, -0.1) is 0 Å². The number of ether oxygens (including phenoxy) is 1. The van der Waals surface area contributed by atoms with Gasteiger partial charge in [-0.25, -0.2) is 9.97 Å². The number of nitrogens with zero attached hydrogens (tertiary/aromatic N) is 2. The number of aromatic nitrogens is 2. The van der Waals surface area contributed by atoms with Gasteiger partial charge in [0.1, 0.15) is 11.6 Å². The van der Waals surface area contributed by atoms with Crippen LogP contribution in [0.25, 0.3) is 11.4 Å². The van der Waals surface area contributed by atoms with Crippen molar-refractivity contribution < 1.29 is 4.74 Å². The summed E-state index contributed by atoms with van der Waals surface area (Å²) in [6.45, 7) is 5.14. The Balaban J connectivity index is 2.44. The maximum atomic E-state index is 5.39. The molecule has 0 aliphatic carbocycles. The van der Waals surface area contributed by atoms with Crippen LogP contribution in [0.5, 0.6) is 5.75 Å². The number of hydrogen-bond donors (Lipinski definition) is 1. The number of benzene rings is 1. The Labute approximate surface area is 120 Å². The van der Waals surface area contributed by atoms with E-state index in [9.17, 15) is 0 Å². The van der Waals surface area contributed by atoms with E-state index >= 15 is 0 Å². The lowest BCUT2D eigenvalue weighted by molar-refractivity contribution is 0.416. The number of anilines is 1. The van der Waals surface area contributed by atoms with Crippen molar-refractivity contribution in [1.29, 1.82) is 0 Å². The van der Waals surface area contributed by atoms with Crippen LogP contribution in [0.4, 0.5) is 5.82 Å². The quantitative estimate of drug-likeness (QED) is 0.873. The van der Waals surface area contributed by atoms with Gasteiger partial charge in [0.2, 0.25) is 0 Å². The average molecular weight is 271 g/mol. The van der Waals surface area contributed by atoms with Crippen molar-refractivity contribution in [3.05, 3.63) is 36.0 Å². The first-order valence-electron chi connectivity index (χ1n) is 7.03. The summed E-state index contributed by atoms with van der Waals surface area (Å²) in [4.78, 5) is 9.20. The molecule has 2 aromatic rings. The summed E-state index contributed by atoms with van der Waals surface area (Å²) in [7, 11) is 1.67. The Bertz CT molecular complexity index is 569. The molecule has 1 heterocycles. The van der Waals surface area contributed by atoms with Crippen molar-refractivity contribution in [3.63, 3.8) is 0 Å². The van der Waals surface area contributed by atoms with Gasteiger partial charge in [-0.2, -0.15) is 0 Å². The van der Waals surface area contributed by atoms with Gasteiger partial charge in [-0.3, -0.25) is 0 Å². The number of methoxy groups -OCH3 is 1. The summed E-state index contributed by atoms with van der Waals surface area (Å²) in [6.07, 6.45) is 1.95. The predicted octanol–water partition coefficient (Wildman–Crippen LogP) is 3.54. The second kappa shape index (κ2) is 6.89. The van der Waals surface area contributed by atoms with E-state index in [2.05, 4.69) is 29.1 Å². The minimum absolute atomic E-state index is 0.709. The number of aryl methyl sites for hydroxylation is 1. The van der Waals surface area contributed by atoms with Gasteiger partial charge < -0.3 is 10.1 Å². The monoisotopic (exact) mass is 271 g/mol. The maximum Gasteiger partial charge on any atom is 0.165 e. The lowest BCUT2D eigenvalue weighted by Gasteiger charge is -2.11. The minimum Gasteiger partial charge on any atom is -0.496 e. The molecule has 0 unspecified atom stereocenters. The van der Waals surface area contributed by atoms with Gasteiger partial charge in [0.05, 0.1) is 12.7 Å². The predicted molar refractivity (Wildman–Crippen MR) is 82.2 cm³/mol. The summed E-state index contributed by atoms with van der Waals surface area (Å²) in [5, 5.41) is 3.32. The molecule has 20 heavy (non-hydrogen) atoms. The van der Waals surface area contributed by atoms with Crippen LogP contribution >= 0.6 is 0 Å². The lowest BCUT2D eigenvalue weighted by atomic mass is 10.1. The first-order valence-corrected chi connectivity index (χ1v) is 7.03.